The fourth-order valence-corrected chi connectivity index (χ4v) is 5.38. The number of carbonyl (C=O) groups is 2. The molecule has 3 aromatic carbocycles. The molecule has 1 saturated heterocycles. The molecule has 10 nitrogen and oxygen atoms in total. The van der Waals surface area contributed by atoms with Gasteiger partial charge in [0.25, 0.3) is 5.91 Å². The number of aromatic nitrogens is 3. The number of nitrogens with zero attached hydrogens (tertiary/aromatic N) is 5. The molecule has 0 spiro atoms. The fourth-order valence-electron chi connectivity index (χ4n) is 5.38. The van der Waals surface area contributed by atoms with Crippen molar-refractivity contribution < 1.29 is 14.7 Å². The molecular weight excluding hydrogens is 554 g/mol. The zero-order valence-corrected chi connectivity index (χ0v) is 25.8. The number of aliphatic hydroxyl groups excluding tert-OH is 1. The molecule has 1 aromatic heterocycles. The van der Waals surface area contributed by atoms with Crippen LogP contribution in [0.3, 0.4) is 0 Å². The third-order valence-corrected chi connectivity index (χ3v) is 8.03. The van der Waals surface area contributed by atoms with Crippen LogP contribution in [0.5, 0.6) is 0 Å². The molecule has 1 fully saturated rings. The predicted molar refractivity (Wildman–Crippen MR) is 171 cm³/mol. The molecule has 2 heterocycles. The van der Waals surface area contributed by atoms with Crippen LogP contribution in [-0.2, 0) is 23.2 Å². The Morgan fingerprint density at radius 3 is 2.34 bits per heavy atom. The van der Waals surface area contributed by atoms with Gasteiger partial charge in [-0.3, -0.25) is 14.5 Å². The quantitative estimate of drug-likeness (QED) is 0.290. The summed E-state index contributed by atoms with van der Waals surface area (Å²) >= 11 is 0. The lowest BCUT2D eigenvalue weighted by Gasteiger charge is -2.37. The van der Waals surface area contributed by atoms with E-state index in [0.717, 1.165) is 23.2 Å². The number of carbonyl (C=O) groups excluding carboxylic acids is 2. The molecule has 1 unspecified atom stereocenters. The number of nitrogens with two attached hydrogens (primary N) is 1. The summed E-state index contributed by atoms with van der Waals surface area (Å²) in [6, 6.07) is 20.3. The molecule has 1 aliphatic rings. The van der Waals surface area contributed by atoms with E-state index in [1.807, 2.05) is 50.5 Å². The largest absolute Gasteiger partial charge is 0.392 e. The van der Waals surface area contributed by atoms with Crippen molar-refractivity contribution in [3.05, 3.63) is 100 Å². The van der Waals surface area contributed by atoms with Crippen LogP contribution in [-0.4, -0.2) is 68.9 Å². The summed E-state index contributed by atoms with van der Waals surface area (Å²) in [6.45, 7) is 7.54. The van der Waals surface area contributed by atoms with Gasteiger partial charge in [0.2, 0.25) is 11.9 Å². The van der Waals surface area contributed by atoms with E-state index in [9.17, 15) is 14.7 Å². The third-order valence-electron chi connectivity index (χ3n) is 8.03. The van der Waals surface area contributed by atoms with E-state index in [0.29, 0.717) is 47.0 Å². The number of benzene rings is 3. The summed E-state index contributed by atoms with van der Waals surface area (Å²) in [5, 5.41) is 13.3. The highest BCUT2D eigenvalue weighted by molar-refractivity contribution is 6.05. The smallest absolute Gasteiger partial charge is 0.255 e. The minimum absolute atomic E-state index is 0.0220. The van der Waals surface area contributed by atoms with Crippen molar-refractivity contribution in [1.82, 2.24) is 24.8 Å². The molecule has 228 valence electrons. The number of nitrogen functional groups attached to an aromatic ring is 1. The Kier molecular flexibility index (Phi) is 8.75. The second kappa shape index (κ2) is 12.5. The predicted octanol–water partition coefficient (Wildman–Crippen LogP) is 4.20. The van der Waals surface area contributed by atoms with Crippen LogP contribution in [0, 0.1) is 0 Å². The molecule has 4 aromatic rings. The zero-order chi connectivity index (χ0) is 31.6. The highest BCUT2D eigenvalue weighted by atomic mass is 16.3. The van der Waals surface area contributed by atoms with Crippen molar-refractivity contribution in [3.8, 4) is 11.4 Å². The van der Waals surface area contributed by atoms with Crippen LogP contribution in [0.25, 0.3) is 11.4 Å². The molecule has 0 aliphatic carbocycles. The molecular formula is C34H39N7O3. The van der Waals surface area contributed by atoms with E-state index in [4.69, 9.17) is 5.73 Å². The van der Waals surface area contributed by atoms with E-state index in [-0.39, 0.29) is 35.8 Å². The van der Waals surface area contributed by atoms with Crippen LogP contribution in [0.15, 0.2) is 66.7 Å². The van der Waals surface area contributed by atoms with Gasteiger partial charge in [-0.15, -0.1) is 0 Å². The number of aliphatic hydroxyl groups is 1. The van der Waals surface area contributed by atoms with Crippen LogP contribution in [0.4, 0.5) is 11.6 Å². The van der Waals surface area contributed by atoms with Crippen molar-refractivity contribution in [1.29, 1.82) is 0 Å². The number of likely N-dealkylation sites (N-methyl/N-ethyl adjacent to an activating group) is 2. The summed E-state index contributed by atoms with van der Waals surface area (Å²) in [4.78, 5) is 43.1. The first-order chi connectivity index (χ1) is 20.9. The third kappa shape index (κ3) is 6.61. The highest BCUT2D eigenvalue weighted by Gasteiger charge is 2.31. The van der Waals surface area contributed by atoms with Crippen LogP contribution in [0.1, 0.15) is 65.2 Å². The lowest BCUT2D eigenvalue weighted by molar-refractivity contribution is -0.139. The maximum atomic E-state index is 13.1. The molecule has 4 N–H and O–H groups in total. The zero-order valence-electron chi connectivity index (χ0n) is 25.8. The molecule has 5 rings (SSSR count). The molecule has 0 radical (unpaired) electrons. The van der Waals surface area contributed by atoms with Gasteiger partial charge >= 0.3 is 0 Å². The average molecular weight is 594 g/mol. The minimum atomic E-state index is -0.347. The van der Waals surface area contributed by atoms with Gasteiger partial charge in [0.15, 0.2) is 5.82 Å². The van der Waals surface area contributed by atoms with Gasteiger partial charge in [0.1, 0.15) is 11.9 Å². The van der Waals surface area contributed by atoms with Crippen molar-refractivity contribution in [3.63, 3.8) is 0 Å². The molecule has 0 saturated carbocycles. The van der Waals surface area contributed by atoms with Crippen LogP contribution >= 0.6 is 0 Å². The van der Waals surface area contributed by atoms with E-state index >= 15 is 0 Å². The topological polar surface area (TPSA) is 138 Å². The Balaban J connectivity index is 1.37. The summed E-state index contributed by atoms with van der Waals surface area (Å²) in [6.07, 6.45) is 0.393. The molecule has 2 amide bonds. The number of rotatable bonds is 7. The van der Waals surface area contributed by atoms with Gasteiger partial charge in [-0.1, -0.05) is 69.3 Å². The van der Waals surface area contributed by atoms with Gasteiger partial charge in [0, 0.05) is 48.9 Å². The Labute approximate surface area is 258 Å². The van der Waals surface area contributed by atoms with Gasteiger partial charge in [-0.2, -0.15) is 9.97 Å². The molecule has 1 atom stereocenters. The van der Waals surface area contributed by atoms with Crippen LogP contribution in [0.2, 0.25) is 0 Å². The minimum Gasteiger partial charge on any atom is -0.392 e. The Bertz CT molecular complexity index is 1660. The summed E-state index contributed by atoms with van der Waals surface area (Å²) in [7, 11) is 3.79. The van der Waals surface area contributed by atoms with Gasteiger partial charge in [-0.05, 0) is 47.4 Å². The number of hydrogen-bond donors (Lipinski definition) is 3. The number of anilines is 2. The van der Waals surface area contributed by atoms with Gasteiger partial charge in [0.05, 0.1) is 6.61 Å². The van der Waals surface area contributed by atoms with Crippen LogP contribution < -0.4 is 11.1 Å². The van der Waals surface area contributed by atoms with Gasteiger partial charge in [-0.25, -0.2) is 4.98 Å². The lowest BCUT2D eigenvalue weighted by Crippen LogP contribution is -2.48. The Morgan fingerprint density at radius 2 is 1.68 bits per heavy atom. The molecule has 10 heteroatoms. The maximum absolute atomic E-state index is 13.1. The number of piperazine rings is 1. The Hall–Kier alpha value is -4.67. The van der Waals surface area contributed by atoms with Gasteiger partial charge < -0.3 is 21.1 Å². The second-order valence-electron chi connectivity index (χ2n) is 12.3. The average Bonchev–Trinajstić information content (AvgIpc) is 2.99. The maximum Gasteiger partial charge on any atom is 0.255 e. The van der Waals surface area contributed by atoms with E-state index in [1.54, 1.807) is 35.2 Å². The highest BCUT2D eigenvalue weighted by Crippen LogP contribution is 2.30. The van der Waals surface area contributed by atoms with Crippen molar-refractivity contribution in [2.24, 2.45) is 0 Å². The normalized spacial score (nSPS) is 15.8. The fraction of sp³-hybridized carbons (Fsp3) is 0.324. The Morgan fingerprint density at radius 1 is 0.977 bits per heavy atom. The SMILES string of the molecule is CN1CCN(C)C(c2ccc(Cc3nc(N)nc(-c4cccc(NC(=O)c5ccc(C(C)(C)C)cc5)c4CO)n3)cc2)C1=O. The molecule has 0 bridgehead atoms. The van der Waals surface area contributed by atoms with Crippen molar-refractivity contribution in [2.45, 2.75) is 45.3 Å². The summed E-state index contributed by atoms with van der Waals surface area (Å²) < 4.78 is 0. The van der Waals surface area contributed by atoms with E-state index in [1.165, 1.54) is 0 Å². The first kappa shape index (κ1) is 30.8. The summed E-state index contributed by atoms with van der Waals surface area (Å²) in [5.74, 6) is 0.609. The number of hydrogen-bond acceptors (Lipinski definition) is 8. The summed E-state index contributed by atoms with van der Waals surface area (Å²) in [5.41, 5.74) is 11.1. The lowest BCUT2D eigenvalue weighted by atomic mass is 9.86. The molecule has 1 aliphatic heterocycles. The first-order valence-corrected chi connectivity index (χ1v) is 14.6. The second-order valence-corrected chi connectivity index (χ2v) is 12.3. The first-order valence-electron chi connectivity index (χ1n) is 14.6. The number of amides is 2. The van der Waals surface area contributed by atoms with Crippen molar-refractivity contribution in [2.75, 3.05) is 38.2 Å². The van der Waals surface area contributed by atoms with E-state index in [2.05, 4.69) is 45.9 Å². The standard InChI is InChI=1S/C34H39N7O3/c1-34(2,3)24-15-13-23(14-16-24)31(43)36-27-8-6-7-25(26(27)20-42)30-37-28(38-33(35)39-30)19-21-9-11-22(12-10-21)29-32(44)41(5)18-17-40(29)4/h6-16,29,42H,17-20H2,1-5H3,(H,36,43)(H2,35,37,38,39). The molecule has 44 heavy (non-hydrogen) atoms. The van der Waals surface area contributed by atoms with Crippen molar-refractivity contribution >= 4 is 23.5 Å². The number of nitrogens with one attached hydrogen (secondary N) is 1. The monoisotopic (exact) mass is 593 g/mol. The van der Waals surface area contributed by atoms with E-state index < -0.39 is 0 Å².